The minimum atomic E-state index is -0.588. The number of ether oxygens (including phenoxy) is 1. The SMILES string of the molecule is CC(C)CC(O)CC1(C)OC(=O)C23CC=C4C(CCC5C(C)(C)C(=O)CCC45C)C2(C)CCC13. The number of Topliss-reactive ketones (excluding diaryl/α,β-unsaturated/α-hetero) is 1. The van der Waals surface area contributed by atoms with Crippen molar-refractivity contribution in [2.45, 2.75) is 118 Å². The Morgan fingerprint density at radius 3 is 2.41 bits per heavy atom. The van der Waals surface area contributed by atoms with E-state index in [-0.39, 0.29) is 28.1 Å². The molecule has 5 rings (SSSR count). The number of esters is 1. The van der Waals surface area contributed by atoms with Crippen LogP contribution in [0, 0.1) is 45.3 Å². The number of allylic oxidation sites excluding steroid dienone is 2. The molecule has 5 aliphatic rings. The van der Waals surface area contributed by atoms with Crippen LogP contribution in [0.4, 0.5) is 0 Å². The maximum absolute atomic E-state index is 13.8. The summed E-state index contributed by atoms with van der Waals surface area (Å²) in [7, 11) is 0. The van der Waals surface area contributed by atoms with Gasteiger partial charge < -0.3 is 9.84 Å². The van der Waals surface area contributed by atoms with Crippen molar-refractivity contribution in [2.24, 2.45) is 45.3 Å². The molecule has 0 aromatic heterocycles. The highest BCUT2D eigenvalue weighted by molar-refractivity contribution is 5.86. The summed E-state index contributed by atoms with van der Waals surface area (Å²) in [6.07, 6.45) is 9.81. The number of carbonyl (C=O) groups excluding carboxylic acids is 2. The molecule has 4 nitrogen and oxygen atoms in total. The van der Waals surface area contributed by atoms with E-state index in [4.69, 9.17) is 4.74 Å². The summed E-state index contributed by atoms with van der Waals surface area (Å²) in [5.74, 6) is 1.74. The molecular weight excluding hydrogens is 424 g/mol. The molecule has 3 saturated carbocycles. The zero-order chi connectivity index (χ0) is 24.9. The topological polar surface area (TPSA) is 63.6 Å². The van der Waals surface area contributed by atoms with Crippen molar-refractivity contribution in [3.05, 3.63) is 11.6 Å². The molecule has 190 valence electrons. The van der Waals surface area contributed by atoms with E-state index in [1.807, 2.05) is 0 Å². The first kappa shape index (κ1) is 24.5. The normalized spacial score (nSPS) is 47.9. The van der Waals surface area contributed by atoms with Gasteiger partial charge in [-0.25, -0.2) is 0 Å². The van der Waals surface area contributed by atoms with Crippen LogP contribution >= 0.6 is 0 Å². The molecule has 34 heavy (non-hydrogen) atoms. The van der Waals surface area contributed by atoms with Crippen molar-refractivity contribution in [1.82, 2.24) is 0 Å². The third kappa shape index (κ3) is 2.93. The highest BCUT2D eigenvalue weighted by Crippen LogP contribution is 2.75. The fourth-order valence-electron chi connectivity index (χ4n) is 10.2. The second-order valence-corrected chi connectivity index (χ2v) is 14.3. The molecule has 1 spiro atoms. The summed E-state index contributed by atoms with van der Waals surface area (Å²) >= 11 is 0. The number of ketones is 1. The monoisotopic (exact) mass is 470 g/mol. The maximum atomic E-state index is 13.8. The first-order chi connectivity index (χ1) is 15.7. The Hall–Kier alpha value is -1.16. The molecule has 0 aromatic rings. The molecule has 4 fully saturated rings. The summed E-state index contributed by atoms with van der Waals surface area (Å²) < 4.78 is 6.28. The largest absolute Gasteiger partial charge is 0.458 e. The van der Waals surface area contributed by atoms with Gasteiger partial charge in [0.2, 0.25) is 0 Å². The highest BCUT2D eigenvalue weighted by atomic mass is 16.6. The molecule has 1 heterocycles. The molecular formula is C30H46O4. The molecule has 0 bridgehead atoms. The van der Waals surface area contributed by atoms with Gasteiger partial charge in [-0.2, -0.15) is 0 Å². The molecule has 1 N–H and O–H groups in total. The van der Waals surface area contributed by atoms with Crippen LogP contribution in [0.1, 0.15) is 106 Å². The van der Waals surface area contributed by atoms with Crippen LogP contribution in [0.15, 0.2) is 11.6 Å². The van der Waals surface area contributed by atoms with Crippen molar-refractivity contribution >= 4 is 11.8 Å². The smallest absolute Gasteiger partial charge is 0.313 e. The Labute approximate surface area is 206 Å². The number of hydrogen-bond acceptors (Lipinski definition) is 4. The van der Waals surface area contributed by atoms with Crippen molar-refractivity contribution in [3.8, 4) is 0 Å². The first-order valence-corrected chi connectivity index (χ1v) is 13.9. The second kappa shape index (κ2) is 7.43. The maximum Gasteiger partial charge on any atom is 0.313 e. The Morgan fingerprint density at radius 1 is 1.03 bits per heavy atom. The van der Waals surface area contributed by atoms with E-state index in [2.05, 4.69) is 54.5 Å². The highest BCUT2D eigenvalue weighted by Gasteiger charge is 2.76. The quantitative estimate of drug-likeness (QED) is 0.389. The molecule has 4 aliphatic carbocycles. The van der Waals surface area contributed by atoms with Crippen LogP contribution in [0.3, 0.4) is 0 Å². The van der Waals surface area contributed by atoms with Crippen molar-refractivity contribution in [1.29, 1.82) is 0 Å². The molecule has 0 amide bonds. The van der Waals surface area contributed by atoms with Crippen LogP contribution in [-0.4, -0.2) is 28.6 Å². The molecule has 8 unspecified atom stereocenters. The number of aliphatic hydroxyl groups excluding tert-OH is 1. The van der Waals surface area contributed by atoms with E-state index in [1.165, 1.54) is 0 Å². The van der Waals surface area contributed by atoms with Gasteiger partial charge >= 0.3 is 5.97 Å². The molecule has 0 radical (unpaired) electrons. The van der Waals surface area contributed by atoms with Gasteiger partial charge in [-0.05, 0) is 80.5 Å². The van der Waals surface area contributed by atoms with Gasteiger partial charge in [0, 0.05) is 24.2 Å². The number of rotatable bonds is 4. The number of carbonyl (C=O) groups is 2. The van der Waals surface area contributed by atoms with Crippen molar-refractivity contribution in [2.75, 3.05) is 0 Å². The minimum absolute atomic E-state index is 0.0153. The Bertz CT molecular complexity index is 932. The van der Waals surface area contributed by atoms with Gasteiger partial charge in [0.05, 0.1) is 11.5 Å². The summed E-state index contributed by atoms with van der Waals surface area (Å²) in [4.78, 5) is 26.7. The summed E-state index contributed by atoms with van der Waals surface area (Å²) in [6, 6.07) is 0. The zero-order valence-corrected chi connectivity index (χ0v) is 22.5. The lowest BCUT2D eigenvalue weighted by atomic mass is 9.41. The van der Waals surface area contributed by atoms with Crippen LogP contribution in [-0.2, 0) is 14.3 Å². The number of fused-ring (bicyclic) bond motifs is 4. The fourth-order valence-corrected chi connectivity index (χ4v) is 10.2. The number of cyclic esters (lactones) is 1. The van der Waals surface area contributed by atoms with Gasteiger partial charge in [-0.3, -0.25) is 9.59 Å². The van der Waals surface area contributed by atoms with E-state index >= 15 is 0 Å². The second-order valence-electron chi connectivity index (χ2n) is 14.3. The van der Waals surface area contributed by atoms with Crippen LogP contribution in [0.5, 0.6) is 0 Å². The van der Waals surface area contributed by atoms with Gasteiger partial charge in [0.15, 0.2) is 0 Å². The van der Waals surface area contributed by atoms with Gasteiger partial charge in [-0.1, -0.05) is 53.2 Å². The third-order valence-electron chi connectivity index (χ3n) is 11.8. The lowest BCUT2D eigenvalue weighted by Crippen LogP contribution is -2.58. The first-order valence-electron chi connectivity index (χ1n) is 13.9. The van der Waals surface area contributed by atoms with Gasteiger partial charge in [-0.15, -0.1) is 0 Å². The van der Waals surface area contributed by atoms with E-state index < -0.39 is 17.1 Å². The molecule has 4 heteroatoms. The van der Waals surface area contributed by atoms with E-state index in [0.717, 1.165) is 44.9 Å². The van der Waals surface area contributed by atoms with Crippen molar-refractivity contribution in [3.63, 3.8) is 0 Å². The Balaban J connectivity index is 1.52. The minimum Gasteiger partial charge on any atom is -0.458 e. The predicted molar refractivity (Wildman–Crippen MR) is 133 cm³/mol. The van der Waals surface area contributed by atoms with Crippen molar-refractivity contribution < 1.29 is 19.4 Å². The van der Waals surface area contributed by atoms with Crippen LogP contribution in [0.25, 0.3) is 0 Å². The molecule has 0 aromatic carbocycles. The summed E-state index contributed by atoms with van der Waals surface area (Å²) in [5.41, 5.74) is 0.136. The Kier molecular flexibility index (Phi) is 5.36. The lowest BCUT2D eigenvalue weighted by molar-refractivity contribution is -0.163. The molecule has 8 atom stereocenters. The zero-order valence-electron chi connectivity index (χ0n) is 22.5. The van der Waals surface area contributed by atoms with E-state index in [9.17, 15) is 14.7 Å². The van der Waals surface area contributed by atoms with E-state index in [0.29, 0.717) is 36.4 Å². The fraction of sp³-hybridized carbons (Fsp3) is 0.867. The Morgan fingerprint density at radius 2 is 1.74 bits per heavy atom. The number of hydrogen-bond donors (Lipinski definition) is 1. The number of aliphatic hydroxyl groups is 1. The average Bonchev–Trinajstić information content (AvgIpc) is 3.15. The average molecular weight is 471 g/mol. The molecule has 1 aliphatic heterocycles. The standard InChI is InChI=1S/C30H46O4/c1-18(2)16-19(31)17-29(7)23-11-14-28(6)21-8-9-22-26(3,4)24(32)12-13-27(22,5)20(21)10-15-30(23,28)25(33)34-29/h10,18-19,21-23,31H,8-9,11-17H2,1-7H3. The molecule has 1 saturated heterocycles. The third-order valence-corrected chi connectivity index (χ3v) is 11.8. The van der Waals surface area contributed by atoms with Crippen LogP contribution < -0.4 is 0 Å². The van der Waals surface area contributed by atoms with Gasteiger partial charge in [0.1, 0.15) is 11.4 Å². The van der Waals surface area contributed by atoms with E-state index in [1.54, 1.807) is 5.57 Å². The lowest BCUT2D eigenvalue weighted by Gasteiger charge is -2.61. The predicted octanol–water partition coefficient (Wildman–Crippen LogP) is 6.25. The summed E-state index contributed by atoms with van der Waals surface area (Å²) in [5, 5.41) is 10.8. The van der Waals surface area contributed by atoms with Gasteiger partial charge in [0.25, 0.3) is 0 Å². The van der Waals surface area contributed by atoms with Crippen LogP contribution in [0.2, 0.25) is 0 Å². The summed E-state index contributed by atoms with van der Waals surface area (Å²) in [6.45, 7) is 15.5.